The fraction of sp³-hybridized carbons (Fsp3) is 0.400. The van der Waals surface area contributed by atoms with Crippen molar-refractivity contribution in [1.29, 1.82) is 0 Å². The van der Waals surface area contributed by atoms with Gasteiger partial charge >= 0.3 is 0 Å². The normalized spacial score (nSPS) is 11.6. The van der Waals surface area contributed by atoms with E-state index in [9.17, 15) is 0 Å². The Morgan fingerprint density at radius 3 is 2.00 bits per heavy atom. The quantitative estimate of drug-likeness (QED) is 0.562. The Labute approximate surface area is 74.0 Å². The zero-order chi connectivity index (χ0) is 8.48. The smallest absolute Gasteiger partial charge is 0.00773 e. The number of benzene rings is 1. The van der Waals surface area contributed by atoms with Crippen LogP contribution in [-0.4, -0.2) is 0 Å². The van der Waals surface area contributed by atoms with Gasteiger partial charge in [0, 0.05) is 4.90 Å². The van der Waals surface area contributed by atoms with Crippen LogP contribution in [0.4, 0.5) is 0 Å². The van der Waals surface area contributed by atoms with Gasteiger partial charge in [-0.3, -0.25) is 0 Å². The van der Waals surface area contributed by atoms with Crippen LogP contribution < -0.4 is 0 Å². The predicted molar refractivity (Wildman–Crippen MR) is 52.4 cm³/mol. The minimum atomic E-state index is 0.207. The Bertz CT molecular complexity index is 245. The fourth-order valence-corrected chi connectivity index (χ4v) is 1.60. The molecule has 0 spiro atoms. The third-order valence-corrected chi connectivity index (χ3v) is 2.10. The van der Waals surface area contributed by atoms with Crippen molar-refractivity contribution in [1.82, 2.24) is 0 Å². The van der Waals surface area contributed by atoms with Crippen molar-refractivity contribution in [2.75, 3.05) is 0 Å². The molecule has 1 rings (SSSR count). The SMILES string of the molecule is CC(C)(C)c1ccccc1S. The Balaban J connectivity index is 3.14. The molecule has 0 N–H and O–H groups in total. The lowest BCUT2D eigenvalue weighted by Gasteiger charge is -2.20. The molecule has 0 aliphatic carbocycles. The van der Waals surface area contributed by atoms with Gasteiger partial charge in [-0.1, -0.05) is 39.0 Å². The molecule has 0 heterocycles. The summed E-state index contributed by atoms with van der Waals surface area (Å²) in [5, 5.41) is 0. The van der Waals surface area contributed by atoms with E-state index in [1.807, 2.05) is 12.1 Å². The summed E-state index contributed by atoms with van der Waals surface area (Å²) in [7, 11) is 0. The first-order chi connectivity index (χ1) is 5.02. The third-order valence-electron chi connectivity index (χ3n) is 1.71. The minimum absolute atomic E-state index is 0.207. The maximum atomic E-state index is 4.39. The Kier molecular flexibility index (Phi) is 2.28. The van der Waals surface area contributed by atoms with Gasteiger partial charge in [0.2, 0.25) is 0 Å². The van der Waals surface area contributed by atoms with Crippen molar-refractivity contribution >= 4 is 12.6 Å². The van der Waals surface area contributed by atoms with Crippen LogP contribution in [0.25, 0.3) is 0 Å². The summed E-state index contributed by atoms with van der Waals surface area (Å²) in [6.45, 7) is 6.59. The number of rotatable bonds is 0. The van der Waals surface area contributed by atoms with Crippen molar-refractivity contribution in [3.05, 3.63) is 29.8 Å². The van der Waals surface area contributed by atoms with Crippen LogP contribution >= 0.6 is 12.6 Å². The van der Waals surface area contributed by atoms with Crippen LogP contribution in [0.15, 0.2) is 29.2 Å². The summed E-state index contributed by atoms with van der Waals surface area (Å²) >= 11 is 4.39. The molecule has 0 aromatic heterocycles. The monoisotopic (exact) mass is 166 g/mol. The van der Waals surface area contributed by atoms with E-state index in [0.29, 0.717) is 0 Å². The Morgan fingerprint density at radius 2 is 1.64 bits per heavy atom. The molecule has 1 heteroatoms. The number of hydrogen-bond acceptors (Lipinski definition) is 1. The molecule has 0 aliphatic heterocycles. The van der Waals surface area contributed by atoms with E-state index >= 15 is 0 Å². The molecule has 1 aromatic carbocycles. The molecule has 0 radical (unpaired) electrons. The van der Waals surface area contributed by atoms with Crippen molar-refractivity contribution in [3.8, 4) is 0 Å². The molecule has 0 bridgehead atoms. The molecule has 11 heavy (non-hydrogen) atoms. The van der Waals surface area contributed by atoms with Gasteiger partial charge in [-0.15, -0.1) is 12.6 Å². The van der Waals surface area contributed by atoms with Gasteiger partial charge in [-0.25, -0.2) is 0 Å². The van der Waals surface area contributed by atoms with Gasteiger partial charge < -0.3 is 0 Å². The van der Waals surface area contributed by atoms with Crippen LogP contribution in [-0.2, 0) is 5.41 Å². The highest BCUT2D eigenvalue weighted by atomic mass is 32.1. The largest absolute Gasteiger partial charge is 0.143 e. The van der Waals surface area contributed by atoms with Gasteiger partial charge in [0.05, 0.1) is 0 Å². The molecule has 0 aliphatic rings. The highest BCUT2D eigenvalue weighted by molar-refractivity contribution is 7.80. The molecule has 0 nitrogen and oxygen atoms in total. The van der Waals surface area contributed by atoms with Gasteiger partial charge in [0.15, 0.2) is 0 Å². The third kappa shape index (κ3) is 2.00. The lowest BCUT2D eigenvalue weighted by Crippen LogP contribution is -2.11. The van der Waals surface area contributed by atoms with Crippen LogP contribution in [0, 0.1) is 0 Å². The van der Waals surface area contributed by atoms with Crippen molar-refractivity contribution in [2.24, 2.45) is 0 Å². The molecule has 1 aromatic rings. The van der Waals surface area contributed by atoms with E-state index in [1.165, 1.54) is 5.56 Å². The molecule has 0 fully saturated rings. The molecule has 0 amide bonds. The lowest BCUT2D eigenvalue weighted by molar-refractivity contribution is 0.578. The average molecular weight is 166 g/mol. The van der Waals surface area contributed by atoms with E-state index in [4.69, 9.17) is 0 Å². The average Bonchev–Trinajstić information content (AvgIpc) is 1.86. The standard InChI is InChI=1S/C10H14S/c1-10(2,3)8-6-4-5-7-9(8)11/h4-7,11H,1-3H3. The van der Waals surface area contributed by atoms with Crippen LogP contribution in [0.5, 0.6) is 0 Å². The highest BCUT2D eigenvalue weighted by Gasteiger charge is 2.14. The van der Waals surface area contributed by atoms with E-state index in [0.717, 1.165) is 4.90 Å². The topological polar surface area (TPSA) is 0 Å². The predicted octanol–water partition coefficient (Wildman–Crippen LogP) is 3.27. The molecular weight excluding hydrogens is 152 g/mol. The molecule has 0 atom stereocenters. The minimum Gasteiger partial charge on any atom is -0.143 e. The maximum Gasteiger partial charge on any atom is 0.00773 e. The summed E-state index contributed by atoms with van der Waals surface area (Å²) in [5.74, 6) is 0. The van der Waals surface area contributed by atoms with Crippen LogP contribution in [0.3, 0.4) is 0 Å². The summed E-state index contributed by atoms with van der Waals surface area (Å²) in [4.78, 5) is 1.08. The number of hydrogen-bond donors (Lipinski definition) is 1. The van der Waals surface area contributed by atoms with Gasteiger partial charge in [0.25, 0.3) is 0 Å². The second-order valence-corrected chi connectivity index (χ2v) is 4.25. The first kappa shape index (κ1) is 8.66. The van der Waals surface area contributed by atoms with E-state index < -0.39 is 0 Å². The highest BCUT2D eigenvalue weighted by Crippen LogP contribution is 2.27. The van der Waals surface area contributed by atoms with Crippen molar-refractivity contribution < 1.29 is 0 Å². The summed E-state index contributed by atoms with van der Waals surface area (Å²) in [6.07, 6.45) is 0. The van der Waals surface area contributed by atoms with Gasteiger partial charge in [0.1, 0.15) is 0 Å². The van der Waals surface area contributed by atoms with Gasteiger partial charge in [-0.05, 0) is 17.0 Å². The summed E-state index contributed by atoms with van der Waals surface area (Å²) in [6, 6.07) is 8.23. The zero-order valence-corrected chi connectivity index (χ0v) is 8.15. The Hall–Kier alpha value is -0.430. The van der Waals surface area contributed by atoms with Crippen molar-refractivity contribution in [3.63, 3.8) is 0 Å². The zero-order valence-electron chi connectivity index (χ0n) is 7.26. The summed E-state index contributed by atoms with van der Waals surface area (Å²) in [5.41, 5.74) is 1.52. The van der Waals surface area contributed by atoms with E-state index in [1.54, 1.807) is 0 Å². The van der Waals surface area contributed by atoms with Crippen LogP contribution in [0.1, 0.15) is 26.3 Å². The van der Waals surface area contributed by atoms with Crippen molar-refractivity contribution in [2.45, 2.75) is 31.1 Å². The molecular formula is C10H14S. The molecule has 0 saturated heterocycles. The maximum absolute atomic E-state index is 4.39. The summed E-state index contributed by atoms with van der Waals surface area (Å²) < 4.78 is 0. The number of thiol groups is 1. The first-order valence-corrected chi connectivity index (χ1v) is 4.25. The van der Waals surface area contributed by atoms with E-state index in [2.05, 4.69) is 45.5 Å². The van der Waals surface area contributed by atoms with Gasteiger partial charge in [-0.2, -0.15) is 0 Å². The molecule has 60 valence electrons. The fourth-order valence-electron chi connectivity index (χ4n) is 1.11. The Morgan fingerprint density at radius 1 is 1.09 bits per heavy atom. The second kappa shape index (κ2) is 2.90. The van der Waals surface area contributed by atoms with Crippen LogP contribution in [0.2, 0.25) is 0 Å². The lowest BCUT2D eigenvalue weighted by atomic mass is 9.87. The second-order valence-electron chi connectivity index (χ2n) is 3.77. The molecule has 0 saturated carbocycles. The first-order valence-electron chi connectivity index (χ1n) is 3.80. The molecule has 0 unspecified atom stereocenters. The van der Waals surface area contributed by atoms with E-state index in [-0.39, 0.29) is 5.41 Å².